The van der Waals surface area contributed by atoms with E-state index in [0.717, 1.165) is 5.56 Å². The lowest BCUT2D eigenvalue weighted by Crippen LogP contribution is -2.07. The number of nitrogens with one attached hydrogen (secondary N) is 1. The fourth-order valence-corrected chi connectivity index (χ4v) is 2.38. The van der Waals surface area contributed by atoms with Crippen molar-refractivity contribution in [2.45, 2.75) is 6.54 Å². The molecule has 20 heavy (non-hydrogen) atoms. The number of rotatable bonds is 4. The molecule has 106 valence electrons. The highest BCUT2D eigenvalue weighted by Crippen LogP contribution is 2.33. The minimum atomic E-state index is -0.606. The van der Waals surface area contributed by atoms with E-state index in [-0.39, 0.29) is 10.0 Å². The molecule has 0 spiro atoms. The molecule has 0 aliphatic rings. The van der Waals surface area contributed by atoms with Crippen LogP contribution >= 0.6 is 15.9 Å². The number of hydrogen-bond acceptors (Lipinski definition) is 2. The Bertz CT molecular complexity index is 632. The van der Waals surface area contributed by atoms with Crippen LogP contribution < -0.4 is 10.1 Å². The van der Waals surface area contributed by atoms with Crippen molar-refractivity contribution in [3.8, 4) is 16.9 Å². The Morgan fingerprint density at radius 1 is 1.20 bits per heavy atom. The summed E-state index contributed by atoms with van der Waals surface area (Å²) in [5, 5.41) is 3.00. The van der Waals surface area contributed by atoms with Crippen LogP contribution in [0.1, 0.15) is 5.56 Å². The van der Waals surface area contributed by atoms with Crippen LogP contribution in [0.3, 0.4) is 0 Å². The van der Waals surface area contributed by atoms with E-state index in [1.165, 1.54) is 12.1 Å². The molecule has 0 heterocycles. The molecule has 0 fully saturated rings. The van der Waals surface area contributed by atoms with Gasteiger partial charge in [-0.3, -0.25) is 0 Å². The smallest absolute Gasteiger partial charge is 0.148 e. The average molecular weight is 342 g/mol. The summed E-state index contributed by atoms with van der Waals surface area (Å²) in [5.74, 6) is -0.518. The summed E-state index contributed by atoms with van der Waals surface area (Å²) in [6.45, 7) is 0.550. The summed E-state index contributed by atoms with van der Waals surface area (Å²) in [6, 6.07) is 7.67. The molecule has 0 amide bonds. The zero-order valence-corrected chi connectivity index (χ0v) is 12.7. The predicted molar refractivity (Wildman–Crippen MR) is 78.8 cm³/mol. The molecule has 2 aromatic carbocycles. The molecule has 0 atom stereocenters. The zero-order chi connectivity index (χ0) is 14.7. The molecule has 0 saturated carbocycles. The standard InChI is InChI=1S/C15H14BrF2NO/c1-19-8-10-7-9(3-6-13(10)20-2)14-12(17)5-4-11(16)15(14)18/h3-7,19H,8H2,1-2H3. The minimum Gasteiger partial charge on any atom is -0.496 e. The lowest BCUT2D eigenvalue weighted by Gasteiger charge is -2.12. The number of ether oxygens (including phenoxy) is 1. The number of hydrogen-bond donors (Lipinski definition) is 1. The SMILES string of the molecule is CNCc1cc(-c2c(F)ccc(Br)c2F)ccc1OC. The second-order valence-electron chi connectivity index (χ2n) is 4.28. The van der Waals surface area contributed by atoms with Crippen LogP contribution in [0, 0.1) is 11.6 Å². The highest BCUT2D eigenvalue weighted by molar-refractivity contribution is 9.10. The van der Waals surface area contributed by atoms with Gasteiger partial charge < -0.3 is 10.1 Å². The third kappa shape index (κ3) is 2.83. The summed E-state index contributed by atoms with van der Waals surface area (Å²) in [4.78, 5) is 0. The quantitative estimate of drug-likeness (QED) is 0.844. The van der Waals surface area contributed by atoms with Crippen molar-refractivity contribution >= 4 is 15.9 Å². The van der Waals surface area contributed by atoms with Gasteiger partial charge in [-0.25, -0.2) is 8.78 Å². The molecular formula is C15H14BrF2NO. The maximum absolute atomic E-state index is 14.1. The molecule has 2 aromatic rings. The number of methoxy groups -OCH3 is 1. The highest BCUT2D eigenvalue weighted by Gasteiger charge is 2.15. The maximum Gasteiger partial charge on any atom is 0.148 e. The van der Waals surface area contributed by atoms with E-state index in [4.69, 9.17) is 4.74 Å². The van der Waals surface area contributed by atoms with Gasteiger partial charge in [0, 0.05) is 12.1 Å². The minimum absolute atomic E-state index is 0.0422. The van der Waals surface area contributed by atoms with E-state index >= 15 is 0 Å². The van der Waals surface area contributed by atoms with Crippen molar-refractivity contribution in [1.29, 1.82) is 0 Å². The van der Waals surface area contributed by atoms with Gasteiger partial charge in [0.05, 0.1) is 17.1 Å². The van der Waals surface area contributed by atoms with Crippen LogP contribution in [-0.4, -0.2) is 14.2 Å². The second kappa shape index (κ2) is 6.33. The molecule has 0 bridgehead atoms. The first kappa shape index (κ1) is 14.9. The third-order valence-corrected chi connectivity index (χ3v) is 3.59. The van der Waals surface area contributed by atoms with Crippen LogP contribution in [0.25, 0.3) is 11.1 Å². The van der Waals surface area contributed by atoms with Gasteiger partial charge in [-0.05, 0) is 52.8 Å². The average Bonchev–Trinajstić information content (AvgIpc) is 2.44. The Balaban J connectivity index is 2.59. The highest BCUT2D eigenvalue weighted by atomic mass is 79.9. The molecule has 2 nitrogen and oxygen atoms in total. The van der Waals surface area contributed by atoms with Gasteiger partial charge in [-0.15, -0.1) is 0 Å². The van der Waals surface area contributed by atoms with Crippen LogP contribution in [0.15, 0.2) is 34.8 Å². The van der Waals surface area contributed by atoms with Crippen LogP contribution in [0.4, 0.5) is 8.78 Å². The summed E-state index contributed by atoms with van der Waals surface area (Å²) in [5.41, 5.74) is 1.28. The Hall–Kier alpha value is -1.46. The van der Waals surface area contributed by atoms with E-state index in [1.807, 2.05) is 0 Å². The first-order valence-electron chi connectivity index (χ1n) is 6.04. The summed E-state index contributed by atoms with van der Waals surface area (Å²) in [7, 11) is 3.36. The van der Waals surface area contributed by atoms with Crippen molar-refractivity contribution in [2.75, 3.05) is 14.2 Å². The monoisotopic (exact) mass is 341 g/mol. The largest absolute Gasteiger partial charge is 0.496 e. The predicted octanol–water partition coefficient (Wildman–Crippen LogP) is 4.12. The van der Waals surface area contributed by atoms with Gasteiger partial charge in [-0.1, -0.05) is 6.07 Å². The maximum atomic E-state index is 14.1. The Morgan fingerprint density at radius 2 is 1.95 bits per heavy atom. The van der Waals surface area contributed by atoms with Crippen molar-refractivity contribution < 1.29 is 13.5 Å². The molecule has 1 N–H and O–H groups in total. The zero-order valence-electron chi connectivity index (χ0n) is 11.1. The molecule has 0 unspecified atom stereocenters. The Morgan fingerprint density at radius 3 is 2.60 bits per heavy atom. The Labute approximate surface area is 124 Å². The summed E-state index contributed by atoms with van der Waals surface area (Å²) in [6.07, 6.45) is 0. The van der Waals surface area contributed by atoms with E-state index in [1.54, 1.807) is 32.4 Å². The van der Waals surface area contributed by atoms with Gasteiger partial charge in [0.2, 0.25) is 0 Å². The molecule has 2 rings (SSSR count). The van der Waals surface area contributed by atoms with Gasteiger partial charge in [0.15, 0.2) is 0 Å². The fraction of sp³-hybridized carbons (Fsp3) is 0.200. The number of benzene rings is 2. The lowest BCUT2D eigenvalue weighted by molar-refractivity contribution is 0.408. The van der Waals surface area contributed by atoms with Crippen molar-refractivity contribution in [3.05, 3.63) is 52.0 Å². The molecule has 0 saturated heterocycles. The van der Waals surface area contributed by atoms with Crippen LogP contribution in [0.2, 0.25) is 0 Å². The molecule has 5 heteroatoms. The summed E-state index contributed by atoms with van der Waals surface area (Å²) >= 11 is 3.08. The van der Waals surface area contributed by atoms with Gasteiger partial charge in [0.25, 0.3) is 0 Å². The fourth-order valence-electron chi connectivity index (χ4n) is 2.05. The van der Waals surface area contributed by atoms with Crippen molar-refractivity contribution in [1.82, 2.24) is 5.32 Å². The topological polar surface area (TPSA) is 21.3 Å². The molecule has 0 aliphatic heterocycles. The molecule has 0 aromatic heterocycles. The molecular weight excluding hydrogens is 328 g/mol. The Kier molecular flexibility index (Phi) is 4.73. The molecule has 0 radical (unpaired) electrons. The lowest BCUT2D eigenvalue weighted by atomic mass is 10.0. The third-order valence-electron chi connectivity index (χ3n) is 2.98. The van der Waals surface area contributed by atoms with Gasteiger partial charge in [0.1, 0.15) is 17.4 Å². The van der Waals surface area contributed by atoms with Crippen LogP contribution in [-0.2, 0) is 6.54 Å². The van der Waals surface area contributed by atoms with E-state index < -0.39 is 11.6 Å². The number of halogens is 3. The van der Waals surface area contributed by atoms with Gasteiger partial charge in [-0.2, -0.15) is 0 Å². The van der Waals surface area contributed by atoms with Crippen molar-refractivity contribution in [2.24, 2.45) is 0 Å². The van der Waals surface area contributed by atoms with E-state index in [9.17, 15) is 8.78 Å². The van der Waals surface area contributed by atoms with E-state index in [2.05, 4.69) is 21.2 Å². The summed E-state index contributed by atoms with van der Waals surface area (Å²) < 4.78 is 33.5. The normalized spacial score (nSPS) is 10.7. The van der Waals surface area contributed by atoms with Crippen LogP contribution in [0.5, 0.6) is 5.75 Å². The molecule has 0 aliphatic carbocycles. The van der Waals surface area contributed by atoms with Gasteiger partial charge >= 0.3 is 0 Å². The second-order valence-corrected chi connectivity index (χ2v) is 5.13. The van der Waals surface area contributed by atoms with Crippen molar-refractivity contribution in [3.63, 3.8) is 0 Å². The first-order chi connectivity index (χ1) is 9.58. The van der Waals surface area contributed by atoms with E-state index in [0.29, 0.717) is 17.9 Å². The first-order valence-corrected chi connectivity index (χ1v) is 6.83.